The first kappa shape index (κ1) is 16.4. The molecule has 1 aliphatic rings. The molecule has 5 heteroatoms. The van der Waals surface area contributed by atoms with Crippen molar-refractivity contribution in [1.82, 2.24) is 9.55 Å². The zero-order valence-corrected chi connectivity index (χ0v) is 14.7. The second-order valence-electron chi connectivity index (χ2n) is 6.19. The second kappa shape index (κ2) is 7.42. The fourth-order valence-corrected chi connectivity index (χ4v) is 4.20. The fourth-order valence-electron chi connectivity index (χ4n) is 3.12. The van der Waals surface area contributed by atoms with E-state index in [0.717, 1.165) is 41.6 Å². The first-order chi connectivity index (χ1) is 12.3. The summed E-state index contributed by atoms with van der Waals surface area (Å²) in [5.41, 5.74) is 1.56. The smallest absolute Gasteiger partial charge is 0.266 e. The summed E-state index contributed by atoms with van der Waals surface area (Å²) in [5.74, 6) is 0.817. The predicted octanol–water partition coefficient (Wildman–Crippen LogP) is 4.05. The Labute approximate surface area is 150 Å². The normalized spacial score (nSPS) is 17.7. The van der Waals surface area contributed by atoms with E-state index < -0.39 is 0 Å². The van der Waals surface area contributed by atoms with Gasteiger partial charge in [0, 0.05) is 12.4 Å². The Kier molecular flexibility index (Phi) is 4.85. The third-order valence-electron chi connectivity index (χ3n) is 4.43. The highest BCUT2D eigenvalue weighted by molar-refractivity contribution is 7.99. The van der Waals surface area contributed by atoms with Gasteiger partial charge in [0.2, 0.25) is 0 Å². The summed E-state index contributed by atoms with van der Waals surface area (Å²) in [5, 5.41) is 1.37. The highest BCUT2D eigenvalue weighted by atomic mass is 32.2. The first-order valence-corrected chi connectivity index (χ1v) is 9.63. The van der Waals surface area contributed by atoms with Gasteiger partial charge in [0.05, 0.1) is 22.7 Å². The van der Waals surface area contributed by atoms with Crippen LogP contribution in [-0.4, -0.2) is 28.0 Å². The van der Waals surface area contributed by atoms with E-state index in [0.29, 0.717) is 5.39 Å². The highest BCUT2D eigenvalue weighted by Crippen LogP contribution is 2.25. The van der Waals surface area contributed by atoms with Crippen molar-refractivity contribution in [3.05, 3.63) is 65.0 Å². The average molecular weight is 352 g/mol. The van der Waals surface area contributed by atoms with Crippen LogP contribution in [-0.2, 0) is 4.74 Å². The molecule has 2 aromatic carbocycles. The topological polar surface area (TPSA) is 44.1 Å². The Morgan fingerprint density at radius 1 is 1.08 bits per heavy atom. The number of para-hydroxylation sites is 2. The summed E-state index contributed by atoms with van der Waals surface area (Å²) in [6.45, 7) is 0.835. The molecule has 1 atom stereocenters. The maximum Gasteiger partial charge on any atom is 0.266 e. The van der Waals surface area contributed by atoms with E-state index >= 15 is 0 Å². The Morgan fingerprint density at radius 2 is 1.88 bits per heavy atom. The number of ether oxygens (including phenoxy) is 1. The molecular formula is C20H20N2O2S. The SMILES string of the molecule is O=c1c2ccccc2nc(SC[C@H]2CCCCO2)n1-c1ccccc1. The van der Waals surface area contributed by atoms with Crippen molar-refractivity contribution in [3.63, 3.8) is 0 Å². The average Bonchev–Trinajstić information content (AvgIpc) is 2.68. The van der Waals surface area contributed by atoms with Gasteiger partial charge in [-0.15, -0.1) is 0 Å². The van der Waals surface area contributed by atoms with Crippen LogP contribution in [0.3, 0.4) is 0 Å². The molecule has 2 heterocycles. The van der Waals surface area contributed by atoms with Gasteiger partial charge in [-0.3, -0.25) is 9.36 Å². The van der Waals surface area contributed by atoms with Gasteiger partial charge in [0.1, 0.15) is 0 Å². The molecule has 0 radical (unpaired) electrons. The molecule has 128 valence electrons. The van der Waals surface area contributed by atoms with E-state index in [9.17, 15) is 4.79 Å². The van der Waals surface area contributed by atoms with E-state index in [1.807, 2.05) is 54.6 Å². The molecule has 0 amide bonds. The zero-order chi connectivity index (χ0) is 17.1. The molecule has 3 aromatic rings. The molecule has 0 aliphatic carbocycles. The lowest BCUT2D eigenvalue weighted by Crippen LogP contribution is -2.24. The van der Waals surface area contributed by atoms with E-state index in [2.05, 4.69) is 0 Å². The molecule has 4 rings (SSSR count). The number of aromatic nitrogens is 2. The largest absolute Gasteiger partial charge is 0.377 e. The third-order valence-corrected chi connectivity index (χ3v) is 5.50. The van der Waals surface area contributed by atoms with E-state index in [1.54, 1.807) is 16.3 Å². The monoisotopic (exact) mass is 352 g/mol. The van der Waals surface area contributed by atoms with Crippen molar-refractivity contribution in [3.8, 4) is 5.69 Å². The maximum absolute atomic E-state index is 13.1. The van der Waals surface area contributed by atoms with Gasteiger partial charge in [-0.25, -0.2) is 4.98 Å². The summed E-state index contributed by atoms with van der Waals surface area (Å²) < 4.78 is 7.55. The number of fused-ring (bicyclic) bond motifs is 1. The molecule has 0 N–H and O–H groups in total. The third kappa shape index (κ3) is 3.48. The van der Waals surface area contributed by atoms with Gasteiger partial charge in [0.25, 0.3) is 5.56 Å². The zero-order valence-electron chi connectivity index (χ0n) is 13.9. The van der Waals surface area contributed by atoms with E-state index in [4.69, 9.17) is 9.72 Å². The van der Waals surface area contributed by atoms with Crippen LogP contribution in [0.5, 0.6) is 0 Å². The molecule has 0 saturated carbocycles. The Bertz CT molecular complexity index is 918. The molecule has 4 nitrogen and oxygen atoms in total. The molecular weight excluding hydrogens is 332 g/mol. The van der Waals surface area contributed by atoms with Crippen molar-refractivity contribution in [1.29, 1.82) is 0 Å². The van der Waals surface area contributed by atoms with Gasteiger partial charge in [-0.2, -0.15) is 0 Å². The van der Waals surface area contributed by atoms with Gasteiger partial charge in [0.15, 0.2) is 5.16 Å². The Morgan fingerprint density at radius 3 is 2.68 bits per heavy atom. The number of rotatable bonds is 4. The van der Waals surface area contributed by atoms with Crippen LogP contribution >= 0.6 is 11.8 Å². The lowest BCUT2D eigenvalue weighted by Gasteiger charge is -2.22. The van der Waals surface area contributed by atoms with Gasteiger partial charge >= 0.3 is 0 Å². The van der Waals surface area contributed by atoms with Gasteiger partial charge in [-0.1, -0.05) is 42.1 Å². The van der Waals surface area contributed by atoms with E-state index in [-0.39, 0.29) is 11.7 Å². The quantitative estimate of drug-likeness (QED) is 0.525. The summed E-state index contributed by atoms with van der Waals surface area (Å²) >= 11 is 1.60. The number of benzene rings is 2. The molecule has 1 aliphatic heterocycles. The second-order valence-corrected chi connectivity index (χ2v) is 7.17. The van der Waals surface area contributed by atoms with Crippen LogP contribution < -0.4 is 5.56 Å². The highest BCUT2D eigenvalue weighted by Gasteiger charge is 2.18. The molecule has 0 bridgehead atoms. The molecule has 1 aromatic heterocycles. The lowest BCUT2D eigenvalue weighted by molar-refractivity contribution is 0.0315. The number of hydrogen-bond donors (Lipinski definition) is 0. The number of thioether (sulfide) groups is 1. The summed E-state index contributed by atoms with van der Waals surface area (Å²) in [7, 11) is 0. The Hall–Kier alpha value is -2.11. The maximum atomic E-state index is 13.1. The molecule has 0 spiro atoms. The van der Waals surface area contributed by atoms with Crippen molar-refractivity contribution >= 4 is 22.7 Å². The van der Waals surface area contributed by atoms with Crippen LogP contribution in [0.4, 0.5) is 0 Å². The summed E-state index contributed by atoms with van der Waals surface area (Å²) in [6.07, 6.45) is 3.67. The van der Waals surface area contributed by atoms with Crippen molar-refractivity contribution in [2.45, 2.75) is 30.5 Å². The predicted molar refractivity (Wildman–Crippen MR) is 102 cm³/mol. The van der Waals surface area contributed by atoms with Crippen molar-refractivity contribution in [2.24, 2.45) is 0 Å². The molecule has 1 fully saturated rings. The standard InChI is InChI=1S/C20H20N2O2S/c23-19-17-11-4-5-12-18(17)21-20(22(19)15-8-2-1-3-9-15)25-14-16-10-6-7-13-24-16/h1-5,8-9,11-12,16H,6-7,10,13-14H2/t16-/m1/s1. The number of hydrogen-bond acceptors (Lipinski definition) is 4. The van der Waals surface area contributed by atoms with Crippen LogP contribution in [0.1, 0.15) is 19.3 Å². The molecule has 1 saturated heterocycles. The Balaban J connectivity index is 1.76. The van der Waals surface area contributed by atoms with Crippen molar-refractivity contribution < 1.29 is 4.74 Å². The van der Waals surface area contributed by atoms with Gasteiger partial charge < -0.3 is 4.74 Å². The minimum Gasteiger partial charge on any atom is -0.377 e. The van der Waals surface area contributed by atoms with Crippen LogP contribution in [0.25, 0.3) is 16.6 Å². The van der Waals surface area contributed by atoms with Crippen LogP contribution in [0.2, 0.25) is 0 Å². The summed E-state index contributed by atoms with van der Waals surface area (Å²) in [6, 6.07) is 17.2. The lowest BCUT2D eigenvalue weighted by atomic mass is 10.1. The summed E-state index contributed by atoms with van der Waals surface area (Å²) in [4.78, 5) is 17.8. The van der Waals surface area contributed by atoms with Gasteiger partial charge in [-0.05, 0) is 43.5 Å². The van der Waals surface area contributed by atoms with E-state index in [1.165, 1.54) is 6.42 Å². The minimum atomic E-state index is -0.0242. The fraction of sp³-hybridized carbons (Fsp3) is 0.300. The number of nitrogens with zero attached hydrogens (tertiary/aromatic N) is 2. The van der Waals surface area contributed by atoms with Crippen molar-refractivity contribution in [2.75, 3.05) is 12.4 Å². The first-order valence-electron chi connectivity index (χ1n) is 8.64. The van der Waals surface area contributed by atoms with Crippen LogP contribution in [0, 0.1) is 0 Å². The van der Waals surface area contributed by atoms with Crippen LogP contribution in [0.15, 0.2) is 64.5 Å². The molecule has 0 unspecified atom stereocenters. The molecule has 25 heavy (non-hydrogen) atoms. The minimum absolute atomic E-state index is 0.0242.